The van der Waals surface area contributed by atoms with Crippen molar-refractivity contribution in [2.45, 2.75) is 44.0 Å². The average Bonchev–Trinajstić information content (AvgIpc) is 3.30. The summed E-state index contributed by atoms with van der Waals surface area (Å²) in [5.74, 6) is 0.385. The Morgan fingerprint density at radius 2 is 1.97 bits per heavy atom. The molecule has 170 valence electrons. The van der Waals surface area contributed by atoms with Gasteiger partial charge in [-0.1, -0.05) is 36.4 Å². The quantitative estimate of drug-likeness (QED) is 0.419. The van der Waals surface area contributed by atoms with E-state index < -0.39 is 12.1 Å². The summed E-state index contributed by atoms with van der Waals surface area (Å²) in [5.41, 5.74) is 1.15. The van der Waals surface area contributed by atoms with Crippen LogP contribution in [0.5, 0.6) is 0 Å². The Labute approximate surface area is 193 Å². The number of nitrogens with zero attached hydrogens (tertiary/aromatic N) is 1. The first-order valence-electron chi connectivity index (χ1n) is 10.5. The van der Waals surface area contributed by atoms with Crippen LogP contribution in [0.3, 0.4) is 0 Å². The zero-order valence-corrected chi connectivity index (χ0v) is 20.0. The van der Waals surface area contributed by atoms with E-state index in [1.807, 2.05) is 36.4 Å². The van der Waals surface area contributed by atoms with Gasteiger partial charge in [0.1, 0.15) is 6.04 Å². The third-order valence-corrected chi connectivity index (χ3v) is 7.44. The lowest BCUT2D eigenvalue weighted by molar-refractivity contribution is -0.146. The SMILES string of the molecule is CCOC(=O)C(CCc1ccccc1)NC(CS[C@@H](C)c1cccs1)CN(C)C(=O)O. The van der Waals surface area contributed by atoms with Crippen molar-refractivity contribution in [3.05, 3.63) is 58.3 Å². The van der Waals surface area contributed by atoms with Crippen molar-refractivity contribution in [3.8, 4) is 0 Å². The number of thioether (sulfide) groups is 1. The van der Waals surface area contributed by atoms with Gasteiger partial charge in [0.05, 0.1) is 6.61 Å². The van der Waals surface area contributed by atoms with Gasteiger partial charge in [0.2, 0.25) is 0 Å². The first-order chi connectivity index (χ1) is 14.9. The minimum absolute atomic E-state index is 0.182. The monoisotopic (exact) mass is 464 g/mol. The highest BCUT2D eigenvalue weighted by Crippen LogP contribution is 2.31. The molecule has 1 heterocycles. The predicted molar refractivity (Wildman–Crippen MR) is 128 cm³/mol. The molecule has 0 fully saturated rings. The summed E-state index contributed by atoms with van der Waals surface area (Å²) in [6.07, 6.45) is 0.332. The highest BCUT2D eigenvalue weighted by atomic mass is 32.2. The topological polar surface area (TPSA) is 78.9 Å². The second-order valence-corrected chi connectivity index (χ2v) is 9.70. The number of benzene rings is 1. The lowest BCUT2D eigenvalue weighted by Crippen LogP contribution is -2.50. The number of carbonyl (C=O) groups is 2. The van der Waals surface area contributed by atoms with Gasteiger partial charge in [0, 0.05) is 35.5 Å². The third kappa shape index (κ3) is 8.93. The molecule has 0 spiro atoms. The fourth-order valence-corrected chi connectivity index (χ4v) is 5.18. The van der Waals surface area contributed by atoms with Crippen LogP contribution in [0.15, 0.2) is 47.8 Å². The Kier molecular flexibility index (Phi) is 10.9. The molecule has 0 aliphatic carbocycles. The number of nitrogens with one attached hydrogen (secondary N) is 1. The fraction of sp³-hybridized carbons (Fsp3) is 0.478. The minimum Gasteiger partial charge on any atom is -0.465 e. The summed E-state index contributed by atoms with van der Waals surface area (Å²) in [4.78, 5) is 26.6. The third-order valence-electron chi connectivity index (χ3n) is 4.88. The molecule has 0 radical (unpaired) electrons. The van der Waals surface area contributed by atoms with Gasteiger partial charge in [0.15, 0.2) is 0 Å². The Morgan fingerprint density at radius 3 is 2.58 bits per heavy atom. The van der Waals surface area contributed by atoms with Gasteiger partial charge >= 0.3 is 12.1 Å². The smallest absolute Gasteiger partial charge is 0.407 e. The van der Waals surface area contributed by atoms with Crippen molar-refractivity contribution in [2.75, 3.05) is 26.0 Å². The average molecular weight is 465 g/mol. The second-order valence-electron chi connectivity index (χ2n) is 7.35. The minimum atomic E-state index is -0.986. The van der Waals surface area contributed by atoms with E-state index in [4.69, 9.17) is 4.74 Å². The Balaban J connectivity index is 2.06. The van der Waals surface area contributed by atoms with Crippen LogP contribution in [0, 0.1) is 0 Å². The molecule has 0 saturated carbocycles. The maximum absolute atomic E-state index is 12.6. The van der Waals surface area contributed by atoms with Gasteiger partial charge in [-0.05, 0) is 43.7 Å². The van der Waals surface area contributed by atoms with Crippen LogP contribution in [-0.2, 0) is 16.0 Å². The van der Waals surface area contributed by atoms with Crippen LogP contribution in [0.4, 0.5) is 4.79 Å². The van der Waals surface area contributed by atoms with E-state index in [9.17, 15) is 14.7 Å². The van der Waals surface area contributed by atoms with Crippen molar-refractivity contribution in [1.82, 2.24) is 10.2 Å². The molecule has 1 aromatic heterocycles. The summed E-state index contributed by atoms with van der Waals surface area (Å²) in [6.45, 7) is 4.54. The number of esters is 1. The Morgan fingerprint density at radius 1 is 1.23 bits per heavy atom. The van der Waals surface area contributed by atoms with Crippen molar-refractivity contribution < 1.29 is 19.4 Å². The molecule has 31 heavy (non-hydrogen) atoms. The highest BCUT2D eigenvalue weighted by Gasteiger charge is 2.25. The van der Waals surface area contributed by atoms with E-state index in [2.05, 4.69) is 23.7 Å². The summed E-state index contributed by atoms with van der Waals surface area (Å²) >= 11 is 3.47. The van der Waals surface area contributed by atoms with E-state index in [1.54, 1.807) is 37.1 Å². The van der Waals surface area contributed by atoms with Gasteiger partial charge in [-0.2, -0.15) is 11.8 Å². The van der Waals surface area contributed by atoms with Crippen LogP contribution >= 0.6 is 23.1 Å². The molecule has 2 N–H and O–H groups in total. The van der Waals surface area contributed by atoms with Gasteiger partial charge in [-0.15, -0.1) is 11.3 Å². The number of rotatable bonds is 13. The molecule has 0 saturated heterocycles. The molecule has 2 aromatic rings. The van der Waals surface area contributed by atoms with Crippen molar-refractivity contribution in [2.24, 2.45) is 0 Å². The first-order valence-corrected chi connectivity index (χ1v) is 12.4. The zero-order valence-electron chi connectivity index (χ0n) is 18.3. The summed E-state index contributed by atoms with van der Waals surface area (Å²) in [7, 11) is 1.55. The molecule has 0 aliphatic rings. The molecule has 3 atom stereocenters. The summed E-state index contributed by atoms with van der Waals surface area (Å²) < 4.78 is 5.29. The molecule has 6 nitrogen and oxygen atoms in total. The molecule has 1 amide bonds. The van der Waals surface area contributed by atoms with Crippen LogP contribution in [0.1, 0.15) is 36.0 Å². The number of carbonyl (C=O) groups excluding carboxylic acids is 1. The lowest BCUT2D eigenvalue weighted by atomic mass is 10.0. The van der Waals surface area contributed by atoms with E-state index in [-0.39, 0.29) is 12.0 Å². The molecule has 1 aromatic carbocycles. The number of ether oxygens (including phenoxy) is 1. The van der Waals surface area contributed by atoms with Gasteiger partial charge in [0.25, 0.3) is 0 Å². The number of likely N-dealkylation sites (N-methyl/N-ethyl adjacent to an activating group) is 1. The summed E-state index contributed by atoms with van der Waals surface area (Å²) in [6, 6.07) is 13.5. The number of amides is 1. The standard InChI is InChI=1S/C23H32N2O4S2/c1-4-29-22(26)20(13-12-18-9-6-5-7-10-18)24-19(15-25(3)23(27)28)16-31-17(2)21-11-8-14-30-21/h5-11,14,17,19-20,24H,4,12-13,15-16H2,1-3H3,(H,27,28)/t17-,19?,20?/m0/s1. The molecular weight excluding hydrogens is 432 g/mol. The molecule has 2 unspecified atom stereocenters. The highest BCUT2D eigenvalue weighted by molar-refractivity contribution is 7.99. The fourth-order valence-electron chi connectivity index (χ4n) is 3.18. The van der Waals surface area contributed by atoms with Crippen molar-refractivity contribution >= 4 is 35.2 Å². The molecule has 2 rings (SSSR count). The van der Waals surface area contributed by atoms with E-state index in [0.29, 0.717) is 30.6 Å². The van der Waals surface area contributed by atoms with Gasteiger partial charge < -0.3 is 14.7 Å². The van der Waals surface area contributed by atoms with Crippen LogP contribution in [-0.4, -0.2) is 60.1 Å². The lowest BCUT2D eigenvalue weighted by Gasteiger charge is -2.28. The maximum atomic E-state index is 12.6. The zero-order chi connectivity index (χ0) is 22.6. The largest absolute Gasteiger partial charge is 0.465 e. The molecule has 0 aliphatic heterocycles. The summed E-state index contributed by atoms with van der Waals surface area (Å²) in [5, 5.41) is 15.1. The van der Waals surface area contributed by atoms with E-state index >= 15 is 0 Å². The molecule has 8 heteroatoms. The van der Waals surface area contributed by atoms with Gasteiger partial charge in [-0.3, -0.25) is 10.1 Å². The van der Waals surface area contributed by atoms with Crippen molar-refractivity contribution in [3.63, 3.8) is 0 Å². The van der Waals surface area contributed by atoms with E-state index in [1.165, 1.54) is 9.78 Å². The maximum Gasteiger partial charge on any atom is 0.407 e. The number of thiophene rings is 1. The Bertz CT molecular complexity index is 786. The number of aryl methyl sites for hydroxylation is 1. The number of hydrogen-bond acceptors (Lipinski definition) is 6. The van der Waals surface area contributed by atoms with Gasteiger partial charge in [-0.25, -0.2) is 4.79 Å². The van der Waals surface area contributed by atoms with Crippen molar-refractivity contribution in [1.29, 1.82) is 0 Å². The van der Waals surface area contributed by atoms with Crippen LogP contribution < -0.4 is 5.32 Å². The van der Waals surface area contributed by atoms with E-state index in [0.717, 1.165) is 12.0 Å². The Hall–Kier alpha value is -2.03. The normalized spacial score (nSPS) is 13.9. The predicted octanol–water partition coefficient (Wildman–Crippen LogP) is 4.67. The second kappa shape index (κ2) is 13.4. The number of carboxylic acid groups (broad SMARTS) is 1. The number of hydrogen-bond donors (Lipinski definition) is 2. The molecular formula is C23H32N2O4S2. The molecule has 0 bridgehead atoms. The first kappa shape index (κ1) is 25.2. The van der Waals surface area contributed by atoms with Crippen LogP contribution in [0.25, 0.3) is 0 Å². The van der Waals surface area contributed by atoms with Crippen LogP contribution in [0.2, 0.25) is 0 Å².